The maximum atomic E-state index is 13.0. The van der Waals surface area contributed by atoms with Crippen molar-refractivity contribution < 1.29 is 32.6 Å². The van der Waals surface area contributed by atoms with Crippen molar-refractivity contribution in [1.29, 1.82) is 0 Å². The van der Waals surface area contributed by atoms with Crippen LogP contribution in [0.4, 0.5) is 5.69 Å². The Morgan fingerprint density at radius 2 is 1.81 bits per heavy atom. The maximum absolute atomic E-state index is 13.0. The smallest absolute Gasteiger partial charge is 0.342 e. The molecule has 2 N–H and O–H groups in total. The minimum absolute atomic E-state index is 0.108. The van der Waals surface area contributed by atoms with Crippen molar-refractivity contribution in [2.45, 2.75) is 31.1 Å². The summed E-state index contributed by atoms with van der Waals surface area (Å²) < 4.78 is 37.4. The van der Waals surface area contributed by atoms with Crippen molar-refractivity contribution in [2.24, 2.45) is 0 Å². The Bertz CT molecular complexity index is 1110. The summed E-state index contributed by atoms with van der Waals surface area (Å²) in [6.45, 7) is 2.05. The molecule has 172 valence electrons. The molecule has 0 unspecified atom stereocenters. The molecule has 10 heteroatoms. The lowest BCUT2D eigenvalue weighted by atomic mass is 10.2. The van der Waals surface area contributed by atoms with Crippen LogP contribution in [0.1, 0.15) is 35.2 Å². The summed E-state index contributed by atoms with van der Waals surface area (Å²) in [7, 11) is -2.24. The van der Waals surface area contributed by atoms with Crippen molar-refractivity contribution >= 4 is 27.6 Å². The van der Waals surface area contributed by atoms with Gasteiger partial charge in [0, 0.05) is 24.8 Å². The van der Waals surface area contributed by atoms with Crippen LogP contribution in [0.15, 0.2) is 41.3 Å². The Morgan fingerprint density at radius 1 is 1.09 bits per heavy atom. The third-order valence-electron chi connectivity index (χ3n) is 5.16. The third-order valence-corrected chi connectivity index (χ3v) is 7.20. The second-order valence-electron chi connectivity index (χ2n) is 7.45. The van der Waals surface area contributed by atoms with Gasteiger partial charge in [0.1, 0.15) is 17.1 Å². The van der Waals surface area contributed by atoms with E-state index in [4.69, 9.17) is 9.47 Å². The highest BCUT2D eigenvalue weighted by Gasteiger charge is 2.27. The number of methoxy groups -OCH3 is 1. The molecular formula is C22H26N2O7S. The molecular weight excluding hydrogens is 436 g/mol. The molecule has 0 spiro atoms. The fourth-order valence-electron chi connectivity index (χ4n) is 3.42. The van der Waals surface area contributed by atoms with Gasteiger partial charge in [-0.25, -0.2) is 13.2 Å². The standard InChI is InChI=1S/C22H26N2O7S/c1-15-6-7-16(12-20(15)32(28,29)24-10-4-3-5-11-24)23-21(26)14-31-22(27)18-9-8-17(30-2)13-19(18)25/h6-9,12-13,25H,3-5,10-11,14H2,1-2H3,(H,23,26). The van der Waals surface area contributed by atoms with Gasteiger partial charge in [0.2, 0.25) is 10.0 Å². The summed E-state index contributed by atoms with van der Waals surface area (Å²) >= 11 is 0. The van der Waals surface area contributed by atoms with E-state index < -0.39 is 28.5 Å². The number of sulfonamides is 1. The molecule has 1 amide bonds. The van der Waals surface area contributed by atoms with Crippen LogP contribution in [-0.2, 0) is 19.6 Å². The first-order valence-electron chi connectivity index (χ1n) is 10.2. The number of anilines is 1. The number of nitrogens with one attached hydrogen (secondary N) is 1. The quantitative estimate of drug-likeness (QED) is 0.607. The van der Waals surface area contributed by atoms with Gasteiger partial charge in [-0.2, -0.15) is 4.31 Å². The zero-order chi connectivity index (χ0) is 23.3. The lowest BCUT2D eigenvalue weighted by Gasteiger charge is -2.26. The van der Waals surface area contributed by atoms with Crippen molar-refractivity contribution in [3.63, 3.8) is 0 Å². The second-order valence-corrected chi connectivity index (χ2v) is 9.36. The molecule has 1 heterocycles. The fourth-order valence-corrected chi connectivity index (χ4v) is 5.18. The molecule has 32 heavy (non-hydrogen) atoms. The topological polar surface area (TPSA) is 122 Å². The molecule has 0 radical (unpaired) electrons. The highest BCUT2D eigenvalue weighted by molar-refractivity contribution is 7.89. The highest BCUT2D eigenvalue weighted by atomic mass is 32.2. The number of amides is 1. The Balaban J connectivity index is 1.65. The molecule has 9 nitrogen and oxygen atoms in total. The minimum Gasteiger partial charge on any atom is -0.507 e. The number of esters is 1. The lowest BCUT2D eigenvalue weighted by molar-refractivity contribution is -0.119. The van der Waals surface area contributed by atoms with Crippen LogP contribution in [0.2, 0.25) is 0 Å². The molecule has 0 atom stereocenters. The first-order chi connectivity index (χ1) is 15.2. The number of carbonyl (C=O) groups excluding carboxylic acids is 2. The average molecular weight is 463 g/mol. The van der Waals surface area contributed by atoms with Gasteiger partial charge in [-0.1, -0.05) is 12.5 Å². The summed E-state index contributed by atoms with van der Waals surface area (Å²) in [5, 5.41) is 12.4. The van der Waals surface area contributed by atoms with E-state index in [1.807, 2.05) is 0 Å². The van der Waals surface area contributed by atoms with E-state index in [9.17, 15) is 23.1 Å². The van der Waals surface area contributed by atoms with Gasteiger partial charge < -0.3 is 19.9 Å². The zero-order valence-electron chi connectivity index (χ0n) is 18.0. The summed E-state index contributed by atoms with van der Waals surface area (Å²) in [6, 6.07) is 8.67. The average Bonchev–Trinajstić information content (AvgIpc) is 2.79. The largest absolute Gasteiger partial charge is 0.507 e. The lowest BCUT2D eigenvalue weighted by Crippen LogP contribution is -2.36. The monoisotopic (exact) mass is 462 g/mol. The van der Waals surface area contributed by atoms with E-state index in [-0.39, 0.29) is 21.9 Å². The predicted molar refractivity (Wildman–Crippen MR) is 117 cm³/mol. The number of aromatic hydroxyl groups is 1. The number of aryl methyl sites for hydroxylation is 1. The van der Waals surface area contributed by atoms with E-state index in [2.05, 4.69) is 5.32 Å². The minimum atomic E-state index is -3.66. The van der Waals surface area contributed by atoms with E-state index in [0.29, 0.717) is 24.4 Å². The number of carbonyl (C=O) groups is 2. The fraction of sp³-hybridized carbons (Fsp3) is 0.364. The van der Waals surface area contributed by atoms with E-state index in [1.165, 1.54) is 35.7 Å². The molecule has 0 aliphatic carbocycles. The Hall–Kier alpha value is -3.11. The van der Waals surface area contributed by atoms with Gasteiger partial charge in [-0.15, -0.1) is 0 Å². The Morgan fingerprint density at radius 3 is 2.47 bits per heavy atom. The molecule has 0 bridgehead atoms. The summed E-state index contributed by atoms with van der Waals surface area (Å²) in [4.78, 5) is 24.5. The van der Waals surface area contributed by atoms with Gasteiger partial charge in [0.25, 0.3) is 5.91 Å². The molecule has 1 fully saturated rings. The third kappa shape index (κ3) is 5.38. The van der Waals surface area contributed by atoms with Gasteiger partial charge >= 0.3 is 5.97 Å². The highest BCUT2D eigenvalue weighted by Crippen LogP contribution is 2.26. The second kappa shape index (κ2) is 10.0. The maximum Gasteiger partial charge on any atom is 0.342 e. The number of ether oxygens (including phenoxy) is 2. The molecule has 3 rings (SSSR count). The molecule has 1 aliphatic heterocycles. The first-order valence-corrected chi connectivity index (χ1v) is 11.6. The molecule has 0 aromatic heterocycles. The summed E-state index contributed by atoms with van der Waals surface area (Å²) in [6.07, 6.45) is 2.65. The predicted octanol–water partition coefficient (Wildman–Crippen LogP) is 2.68. The number of hydrogen-bond acceptors (Lipinski definition) is 7. The number of phenolic OH excluding ortho intramolecular Hbond substituents is 1. The van der Waals surface area contributed by atoms with Crippen molar-refractivity contribution in [2.75, 3.05) is 32.1 Å². The Kier molecular flexibility index (Phi) is 7.37. The van der Waals surface area contributed by atoms with Crippen LogP contribution >= 0.6 is 0 Å². The van der Waals surface area contributed by atoms with E-state index in [0.717, 1.165) is 19.3 Å². The van der Waals surface area contributed by atoms with Crippen LogP contribution in [0.25, 0.3) is 0 Å². The molecule has 2 aromatic rings. The summed E-state index contributed by atoms with van der Waals surface area (Å²) in [5.41, 5.74) is 0.748. The zero-order valence-corrected chi connectivity index (χ0v) is 18.8. The number of nitrogens with zero attached hydrogens (tertiary/aromatic N) is 1. The molecule has 1 saturated heterocycles. The number of phenols is 1. The van der Waals surface area contributed by atoms with E-state index >= 15 is 0 Å². The van der Waals surface area contributed by atoms with Crippen molar-refractivity contribution in [1.82, 2.24) is 4.31 Å². The number of rotatable bonds is 7. The van der Waals surface area contributed by atoms with Crippen molar-refractivity contribution in [3.8, 4) is 11.5 Å². The van der Waals surface area contributed by atoms with Gasteiger partial charge in [-0.05, 0) is 49.6 Å². The van der Waals surface area contributed by atoms with E-state index in [1.54, 1.807) is 19.1 Å². The molecule has 1 aliphatic rings. The van der Waals surface area contributed by atoms with Crippen LogP contribution in [0, 0.1) is 6.92 Å². The molecule has 2 aromatic carbocycles. The summed E-state index contributed by atoms with van der Waals surface area (Å²) in [5.74, 6) is -1.48. The normalized spacial score (nSPS) is 14.6. The van der Waals surface area contributed by atoms with Gasteiger partial charge in [0.05, 0.1) is 12.0 Å². The Labute approximate surface area is 187 Å². The first kappa shape index (κ1) is 23.6. The molecule has 0 saturated carbocycles. The van der Waals surface area contributed by atoms with Crippen LogP contribution in [0.5, 0.6) is 11.5 Å². The van der Waals surface area contributed by atoms with Crippen LogP contribution < -0.4 is 10.1 Å². The number of hydrogen-bond donors (Lipinski definition) is 2. The number of benzene rings is 2. The van der Waals surface area contributed by atoms with Crippen LogP contribution in [-0.4, -0.2) is 56.5 Å². The van der Waals surface area contributed by atoms with Gasteiger partial charge in [-0.3, -0.25) is 4.79 Å². The van der Waals surface area contributed by atoms with Crippen molar-refractivity contribution in [3.05, 3.63) is 47.5 Å². The van der Waals surface area contributed by atoms with Crippen LogP contribution in [0.3, 0.4) is 0 Å². The van der Waals surface area contributed by atoms with Gasteiger partial charge in [0.15, 0.2) is 6.61 Å². The number of piperidine rings is 1. The SMILES string of the molecule is COc1ccc(C(=O)OCC(=O)Nc2ccc(C)c(S(=O)(=O)N3CCCCC3)c2)c(O)c1.